The van der Waals surface area contributed by atoms with Crippen LogP contribution in [0.15, 0.2) is 6.20 Å². The number of hydrogen-bond acceptors (Lipinski definition) is 3. The molecule has 0 spiro atoms. The van der Waals surface area contributed by atoms with Gasteiger partial charge in [0.1, 0.15) is 0 Å². The minimum Gasteiger partial charge on any atom is -0.468 e. The Morgan fingerprint density at radius 1 is 1.63 bits per heavy atom. The summed E-state index contributed by atoms with van der Waals surface area (Å²) in [5.74, 6) is -2.50. The smallest absolute Gasteiger partial charge is 0.329 e. The summed E-state index contributed by atoms with van der Waals surface area (Å²) in [6, 6.07) is -0.145. The lowest BCUT2D eigenvalue weighted by Crippen LogP contribution is -2.38. The van der Waals surface area contributed by atoms with E-state index in [1.165, 1.54) is 11.7 Å². The molecule has 1 saturated carbocycles. The fourth-order valence-corrected chi connectivity index (χ4v) is 2.22. The van der Waals surface area contributed by atoms with Crippen molar-refractivity contribution in [1.82, 2.24) is 14.9 Å². The number of imidazole rings is 1. The molecule has 0 unspecified atom stereocenters. The van der Waals surface area contributed by atoms with Gasteiger partial charge in [0.15, 0.2) is 0 Å². The van der Waals surface area contributed by atoms with Crippen molar-refractivity contribution in [1.29, 1.82) is 0 Å². The van der Waals surface area contributed by atoms with Gasteiger partial charge in [-0.3, -0.25) is 0 Å². The van der Waals surface area contributed by atoms with Crippen LogP contribution in [-0.4, -0.2) is 35.2 Å². The Kier molecular flexibility index (Phi) is 3.73. The molecule has 1 aliphatic carbocycles. The fraction of sp³-hybridized carbons (Fsp3) is 0.667. The molecule has 0 aromatic carbocycles. The highest BCUT2D eigenvalue weighted by molar-refractivity contribution is 5.78. The van der Waals surface area contributed by atoms with Crippen molar-refractivity contribution in [3.05, 3.63) is 11.9 Å². The van der Waals surface area contributed by atoms with E-state index in [0.29, 0.717) is 18.7 Å². The van der Waals surface area contributed by atoms with Crippen LogP contribution in [0.4, 0.5) is 13.6 Å². The monoisotopic (exact) mass is 273 g/mol. The van der Waals surface area contributed by atoms with E-state index >= 15 is 0 Å². The number of aromatic nitrogens is 2. The number of amides is 1. The minimum absolute atomic E-state index is 0.00159. The maximum atomic E-state index is 12.6. The number of nitrogens with zero attached hydrogens (tertiary/aromatic N) is 2. The van der Waals surface area contributed by atoms with Crippen molar-refractivity contribution in [2.45, 2.75) is 32.1 Å². The van der Waals surface area contributed by atoms with E-state index in [1.54, 1.807) is 13.1 Å². The molecular weight excluding hydrogens is 256 g/mol. The number of aryl methyl sites for hydroxylation is 1. The van der Waals surface area contributed by atoms with E-state index in [9.17, 15) is 13.6 Å². The van der Waals surface area contributed by atoms with Crippen molar-refractivity contribution in [3.8, 4) is 6.01 Å². The Balaban J connectivity index is 1.78. The Bertz CT molecular complexity index is 466. The Morgan fingerprint density at radius 2 is 2.32 bits per heavy atom. The summed E-state index contributed by atoms with van der Waals surface area (Å²) in [7, 11) is 1.43. The number of alkyl halides is 2. The zero-order valence-electron chi connectivity index (χ0n) is 10.9. The predicted octanol–water partition coefficient (Wildman–Crippen LogP) is 2.19. The molecule has 1 N–H and O–H groups in total. The fourth-order valence-electron chi connectivity index (χ4n) is 2.22. The van der Waals surface area contributed by atoms with Crippen LogP contribution in [0.5, 0.6) is 6.01 Å². The van der Waals surface area contributed by atoms with E-state index < -0.39 is 5.92 Å². The number of carbonyl (C=O) groups excluding carboxylic acids is 1. The quantitative estimate of drug-likeness (QED) is 0.915. The molecule has 1 aliphatic rings. The highest BCUT2D eigenvalue weighted by Gasteiger charge is 2.44. The van der Waals surface area contributed by atoms with Gasteiger partial charge in [-0.05, 0) is 19.3 Å². The van der Waals surface area contributed by atoms with Crippen LogP contribution in [-0.2, 0) is 0 Å². The second-order valence-corrected chi connectivity index (χ2v) is 4.89. The van der Waals surface area contributed by atoms with Crippen molar-refractivity contribution in [2.75, 3.05) is 13.7 Å². The van der Waals surface area contributed by atoms with Crippen molar-refractivity contribution in [2.24, 2.45) is 5.92 Å². The maximum absolute atomic E-state index is 12.6. The van der Waals surface area contributed by atoms with Gasteiger partial charge in [0.2, 0.25) is 5.92 Å². The van der Waals surface area contributed by atoms with Crippen LogP contribution in [0, 0.1) is 12.8 Å². The molecule has 0 bridgehead atoms. The molecule has 1 amide bonds. The summed E-state index contributed by atoms with van der Waals surface area (Å²) < 4.78 is 31.5. The van der Waals surface area contributed by atoms with Gasteiger partial charge in [-0.15, -0.1) is 0 Å². The molecule has 0 saturated heterocycles. The second kappa shape index (κ2) is 5.14. The number of ether oxygens (including phenoxy) is 1. The molecular formula is C12H17F2N3O2. The van der Waals surface area contributed by atoms with E-state index in [-0.39, 0.29) is 30.8 Å². The van der Waals surface area contributed by atoms with Gasteiger partial charge >= 0.3 is 12.0 Å². The van der Waals surface area contributed by atoms with Gasteiger partial charge in [0, 0.05) is 25.6 Å². The number of hydrogen-bond donors (Lipinski definition) is 1. The average Bonchev–Trinajstić information content (AvgIpc) is 2.68. The highest BCUT2D eigenvalue weighted by atomic mass is 19.3. The van der Waals surface area contributed by atoms with Crippen LogP contribution in [0.3, 0.4) is 0 Å². The van der Waals surface area contributed by atoms with Crippen molar-refractivity contribution >= 4 is 6.03 Å². The zero-order valence-corrected chi connectivity index (χ0v) is 10.9. The minimum atomic E-state index is -2.50. The largest absolute Gasteiger partial charge is 0.468 e. The Labute approximate surface area is 110 Å². The van der Waals surface area contributed by atoms with E-state index in [4.69, 9.17) is 4.74 Å². The van der Waals surface area contributed by atoms with Crippen LogP contribution >= 0.6 is 0 Å². The predicted molar refractivity (Wildman–Crippen MR) is 64.6 cm³/mol. The first-order valence-electron chi connectivity index (χ1n) is 6.17. The molecule has 106 valence electrons. The average molecular weight is 273 g/mol. The molecule has 2 rings (SSSR count). The van der Waals surface area contributed by atoms with Crippen molar-refractivity contribution < 1.29 is 18.3 Å². The highest BCUT2D eigenvalue weighted by Crippen LogP contribution is 2.43. The molecule has 1 aromatic rings. The van der Waals surface area contributed by atoms with Crippen LogP contribution in [0.25, 0.3) is 0 Å². The lowest BCUT2D eigenvalue weighted by Gasteiger charge is -2.34. The molecule has 5 nitrogen and oxygen atoms in total. The number of nitrogens with one attached hydrogen (secondary N) is 1. The molecule has 19 heavy (non-hydrogen) atoms. The number of halogens is 2. The number of methoxy groups -OCH3 is 1. The molecule has 1 fully saturated rings. The molecule has 0 atom stereocenters. The van der Waals surface area contributed by atoms with Crippen LogP contribution < -0.4 is 10.1 Å². The zero-order chi connectivity index (χ0) is 14.0. The molecule has 1 aromatic heterocycles. The first kappa shape index (κ1) is 13.8. The second-order valence-electron chi connectivity index (χ2n) is 4.89. The first-order valence-corrected chi connectivity index (χ1v) is 6.17. The van der Waals surface area contributed by atoms with E-state index in [2.05, 4.69) is 10.3 Å². The maximum Gasteiger partial charge on any atom is 0.329 e. The lowest BCUT2D eigenvalue weighted by atomic mass is 9.79. The summed E-state index contributed by atoms with van der Waals surface area (Å²) >= 11 is 0. The SMILES string of the molecule is COc1nc(C)cn1C(=O)NCCC1CC(F)(F)C1. The normalized spacial score (nSPS) is 17.9. The molecule has 7 heteroatoms. The third-order valence-electron chi connectivity index (χ3n) is 3.20. The first-order chi connectivity index (χ1) is 8.91. The number of rotatable bonds is 4. The van der Waals surface area contributed by atoms with Gasteiger partial charge in [0.05, 0.1) is 12.8 Å². The van der Waals surface area contributed by atoms with E-state index in [0.717, 1.165) is 0 Å². The third-order valence-corrected chi connectivity index (χ3v) is 3.20. The third kappa shape index (κ3) is 3.21. The molecule has 1 heterocycles. The Morgan fingerprint density at radius 3 is 2.89 bits per heavy atom. The van der Waals surface area contributed by atoms with Crippen LogP contribution in [0.1, 0.15) is 25.0 Å². The summed E-state index contributed by atoms with van der Waals surface area (Å²) in [4.78, 5) is 15.9. The standard InChI is InChI=1S/C12H17F2N3O2/c1-8-7-17(11(16-8)19-2)10(18)15-4-3-9-5-12(13,14)6-9/h7,9H,3-6H2,1-2H3,(H,15,18). The topological polar surface area (TPSA) is 56.2 Å². The van der Waals surface area contributed by atoms with Crippen LogP contribution in [0.2, 0.25) is 0 Å². The molecule has 0 aliphatic heterocycles. The van der Waals surface area contributed by atoms with Gasteiger partial charge in [-0.1, -0.05) is 0 Å². The van der Waals surface area contributed by atoms with E-state index in [1.807, 2.05) is 0 Å². The van der Waals surface area contributed by atoms with Gasteiger partial charge in [-0.25, -0.2) is 23.1 Å². The summed E-state index contributed by atoms with van der Waals surface area (Å²) in [6.07, 6.45) is 1.98. The molecule has 0 radical (unpaired) electrons. The van der Waals surface area contributed by atoms with Crippen molar-refractivity contribution in [3.63, 3.8) is 0 Å². The van der Waals surface area contributed by atoms with Gasteiger partial charge in [0.25, 0.3) is 0 Å². The summed E-state index contributed by atoms with van der Waals surface area (Å²) in [5, 5.41) is 2.67. The summed E-state index contributed by atoms with van der Waals surface area (Å²) in [5.41, 5.74) is 0.672. The number of carbonyl (C=O) groups is 1. The lowest BCUT2D eigenvalue weighted by molar-refractivity contribution is -0.111. The van der Waals surface area contributed by atoms with Gasteiger partial charge < -0.3 is 10.1 Å². The van der Waals surface area contributed by atoms with Gasteiger partial charge in [-0.2, -0.15) is 0 Å². The summed E-state index contributed by atoms with van der Waals surface area (Å²) in [6.45, 7) is 2.13. The Hall–Kier alpha value is -1.66.